The fraction of sp³-hybridized carbons (Fsp3) is 0.176. The highest BCUT2D eigenvalue weighted by Gasteiger charge is 2.07. The summed E-state index contributed by atoms with van der Waals surface area (Å²) in [7, 11) is 0. The van der Waals surface area contributed by atoms with E-state index in [4.69, 9.17) is 0 Å². The van der Waals surface area contributed by atoms with Crippen molar-refractivity contribution in [1.82, 2.24) is 5.43 Å². The molecule has 0 fully saturated rings. The minimum absolute atomic E-state index is 0.138. The molecule has 2 aromatic carbocycles. The van der Waals surface area contributed by atoms with E-state index in [-0.39, 0.29) is 11.7 Å². The monoisotopic (exact) mass is 282 g/mol. The molecule has 0 heterocycles. The smallest absolute Gasteiger partial charge is 0.271 e. The Morgan fingerprint density at radius 3 is 2.33 bits per heavy atom. The van der Waals surface area contributed by atoms with E-state index < -0.39 is 0 Å². The van der Waals surface area contributed by atoms with E-state index in [2.05, 4.69) is 10.5 Å². The Labute approximate surface area is 124 Å². The Morgan fingerprint density at radius 1 is 1.10 bits per heavy atom. The van der Waals surface area contributed by atoms with Crippen LogP contribution in [0.1, 0.15) is 34.0 Å². The minimum Gasteiger partial charge on any atom is -0.507 e. The van der Waals surface area contributed by atoms with Crippen molar-refractivity contribution in [3.05, 3.63) is 64.7 Å². The number of amides is 1. The van der Waals surface area contributed by atoms with Gasteiger partial charge in [-0.05, 0) is 45.0 Å². The number of nitrogens with one attached hydrogen (secondary N) is 1. The maximum atomic E-state index is 12.1. The van der Waals surface area contributed by atoms with Crippen LogP contribution in [0.25, 0.3) is 0 Å². The molecule has 0 aromatic heterocycles. The Kier molecular flexibility index (Phi) is 4.38. The van der Waals surface area contributed by atoms with Gasteiger partial charge in [0.2, 0.25) is 0 Å². The van der Waals surface area contributed by atoms with Crippen LogP contribution in [0, 0.1) is 13.8 Å². The second-order valence-corrected chi connectivity index (χ2v) is 5.03. The minimum atomic E-state index is -0.267. The molecule has 0 spiro atoms. The third kappa shape index (κ3) is 3.69. The second-order valence-electron chi connectivity index (χ2n) is 5.03. The summed E-state index contributed by atoms with van der Waals surface area (Å²) in [5.41, 5.74) is 6.29. The number of aromatic hydroxyl groups is 1. The number of hydrogen-bond acceptors (Lipinski definition) is 3. The lowest BCUT2D eigenvalue weighted by Crippen LogP contribution is -2.19. The van der Waals surface area contributed by atoms with Gasteiger partial charge in [-0.1, -0.05) is 29.3 Å². The van der Waals surface area contributed by atoms with Crippen LogP contribution in [0.5, 0.6) is 5.75 Å². The van der Waals surface area contributed by atoms with E-state index in [9.17, 15) is 9.90 Å². The number of para-hydroxylation sites is 1. The molecule has 0 aliphatic carbocycles. The van der Waals surface area contributed by atoms with Crippen molar-refractivity contribution >= 4 is 11.6 Å². The molecule has 2 rings (SSSR count). The molecule has 4 heteroatoms. The molecule has 108 valence electrons. The van der Waals surface area contributed by atoms with Gasteiger partial charge < -0.3 is 5.11 Å². The number of benzene rings is 2. The number of hydrazone groups is 1. The molecule has 1 amide bonds. The van der Waals surface area contributed by atoms with Gasteiger partial charge in [-0.15, -0.1) is 0 Å². The van der Waals surface area contributed by atoms with Gasteiger partial charge in [0.1, 0.15) is 5.75 Å². The largest absolute Gasteiger partial charge is 0.507 e. The quantitative estimate of drug-likeness (QED) is 0.671. The first-order chi connectivity index (χ1) is 9.97. The molecule has 0 saturated heterocycles. The standard InChI is InChI=1S/C17H18N2O2/c1-11-8-12(2)10-14(9-11)17(21)19-18-13(3)15-6-4-5-7-16(15)20/h4-10,20H,1-3H3,(H,19,21)/b18-13+. The van der Waals surface area contributed by atoms with Crippen molar-refractivity contribution in [2.45, 2.75) is 20.8 Å². The zero-order chi connectivity index (χ0) is 15.4. The summed E-state index contributed by atoms with van der Waals surface area (Å²) in [4.78, 5) is 12.1. The van der Waals surface area contributed by atoms with E-state index in [1.54, 1.807) is 31.2 Å². The average molecular weight is 282 g/mol. The summed E-state index contributed by atoms with van der Waals surface area (Å²) in [6, 6.07) is 12.5. The third-order valence-electron chi connectivity index (χ3n) is 3.10. The van der Waals surface area contributed by atoms with Crippen molar-refractivity contribution in [1.29, 1.82) is 0 Å². The fourth-order valence-electron chi connectivity index (χ4n) is 2.14. The lowest BCUT2D eigenvalue weighted by atomic mass is 10.1. The number of rotatable bonds is 3. The number of nitrogens with zero attached hydrogens (tertiary/aromatic N) is 1. The normalized spacial score (nSPS) is 11.3. The van der Waals surface area contributed by atoms with Gasteiger partial charge in [0.15, 0.2) is 0 Å². The predicted molar refractivity (Wildman–Crippen MR) is 83.7 cm³/mol. The third-order valence-corrected chi connectivity index (χ3v) is 3.10. The number of carbonyl (C=O) groups is 1. The molecule has 21 heavy (non-hydrogen) atoms. The summed E-state index contributed by atoms with van der Waals surface area (Å²) >= 11 is 0. The Balaban J connectivity index is 2.16. The number of phenolic OH excluding ortho intramolecular Hbond substituents is 1. The van der Waals surface area contributed by atoms with Crippen LogP contribution in [0.2, 0.25) is 0 Å². The molecule has 0 bridgehead atoms. The van der Waals surface area contributed by atoms with E-state index >= 15 is 0 Å². The van der Waals surface area contributed by atoms with Crippen molar-refractivity contribution in [3.8, 4) is 5.75 Å². The van der Waals surface area contributed by atoms with Gasteiger partial charge in [0, 0.05) is 11.1 Å². The van der Waals surface area contributed by atoms with Crippen LogP contribution in [0.15, 0.2) is 47.6 Å². The first-order valence-corrected chi connectivity index (χ1v) is 6.68. The van der Waals surface area contributed by atoms with Crippen LogP contribution in [-0.2, 0) is 0 Å². The van der Waals surface area contributed by atoms with E-state index in [0.29, 0.717) is 16.8 Å². The maximum absolute atomic E-state index is 12.1. The molecule has 0 unspecified atom stereocenters. The predicted octanol–water partition coefficient (Wildman–Crippen LogP) is 3.16. The highest BCUT2D eigenvalue weighted by Crippen LogP contribution is 2.16. The van der Waals surface area contributed by atoms with Gasteiger partial charge in [-0.25, -0.2) is 5.43 Å². The molecule has 0 atom stereocenters. The highest BCUT2D eigenvalue weighted by molar-refractivity contribution is 6.02. The number of aryl methyl sites for hydroxylation is 2. The lowest BCUT2D eigenvalue weighted by Gasteiger charge is -2.06. The van der Waals surface area contributed by atoms with Crippen LogP contribution >= 0.6 is 0 Å². The highest BCUT2D eigenvalue weighted by atomic mass is 16.3. The van der Waals surface area contributed by atoms with Crippen molar-refractivity contribution in [2.75, 3.05) is 0 Å². The Morgan fingerprint density at radius 2 is 1.71 bits per heavy atom. The Hall–Kier alpha value is -2.62. The molecule has 0 aliphatic rings. The van der Waals surface area contributed by atoms with E-state index in [1.807, 2.05) is 32.0 Å². The summed E-state index contributed by atoms with van der Waals surface area (Å²) in [6.45, 7) is 5.62. The van der Waals surface area contributed by atoms with Gasteiger partial charge in [-0.3, -0.25) is 4.79 Å². The zero-order valence-electron chi connectivity index (χ0n) is 12.3. The molecule has 0 radical (unpaired) electrons. The van der Waals surface area contributed by atoms with Crippen LogP contribution in [0.4, 0.5) is 0 Å². The molecule has 0 saturated carbocycles. The van der Waals surface area contributed by atoms with Gasteiger partial charge in [-0.2, -0.15) is 5.10 Å². The maximum Gasteiger partial charge on any atom is 0.271 e. The molecule has 2 aromatic rings. The van der Waals surface area contributed by atoms with Crippen molar-refractivity contribution in [2.24, 2.45) is 5.10 Å². The topological polar surface area (TPSA) is 61.7 Å². The lowest BCUT2D eigenvalue weighted by molar-refractivity contribution is 0.0954. The average Bonchev–Trinajstić information content (AvgIpc) is 2.43. The van der Waals surface area contributed by atoms with Crippen molar-refractivity contribution < 1.29 is 9.90 Å². The van der Waals surface area contributed by atoms with Crippen LogP contribution < -0.4 is 5.43 Å². The summed E-state index contributed by atoms with van der Waals surface area (Å²) in [5.74, 6) is -0.129. The van der Waals surface area contributed by atoms with Crippen molar-refractivity contribution in [3.63, 3.8) is 0 Å². The molecule has 0 aliphatic heterocycles. The second kappa shape index (κ2) is 6.22. The molecule has 4 nitrogen and oxygen atoms in total. The molecular weight excluding hydrogens is 264 g/mol. The molecular formula is C17H18N2O2. The van der Waals surface area contributed by atoms with Gasteiger partial charge in [0.05, 0.1) is 5.71 Å². The fourth-order valence-corrected chi connectivity index (χ4v) is 2.14. The van der Waals surface area contributed by atoms with Crippen LogP contribution in [-0.4, -0.2) is 16.7 Å². The summed E-state index contributed by atoms with van der Waals surface area (Å²) < 4.78 is 0. The first-order valence-electron chi connectivity index (χ1n) is 6.68. The number of phenols is 1. The zero-order valence-corrected chi connectivity index (χ0v) is 12.3. The number of hydrogen-bond donors (Lipinski definition) is 2. The summed E-state index contributed by atoms with van der Waals surface area (Å²) in [5, 5.41) is 13.8. The molecule has 2 N–H and O–H groups in total. The van der Waals surface area contributed by atoms with E-state index in [0.717, 1.165) is 11.1 Å². The number of carbonyl (C=O) groups excluding carboxylic acids is 1. The Bertz CT molecular complexity index is 685. The van der Waals surface area contributed by atoms with Gasteiger partial charge >= 0.3 is 0 Å². The van der Waals surface area contributed by atoms with Gasteiger partial charge in [0.25, 0.3) is 5.91 Å². The van der Waals surface area contributed by atoms with E-state index in [1.165, 1.54) is 0 Å². The summed E-state index contributed by atoms with van der Waals surface area (Å²) in [6.07, 6.45) is 0. The van der Waals surface area contributed by atoms with Crippen LogP contribution in [0.3, 0.4) is 0 Å². The first kappa shape index (κ1) is 14.8. The SMILES string of the molecule is C/C(=N\NC(=O)c1cc(C)cc(C)c1)c1ccccc1O.